The highest BCUT2D eigenvalue weighted by atomic mass is 32.2. The number of allylic oxidation sites excluding steroid dienone is 1. The summed E-state index contributed by atoms with van der Waals surface area (Å²) >= 11 is 0. The molecule has 4 aliphatic rings. The molecule has 0 radical (unpaired) electrons. The molecule has 7 atom stereocenters. The summed E-state index contributed by atoms with van der Waals surface area (Å²) in [6.07, 6.45) is 6.67. The monoisotopic (exact) mass is 726 g/mol. The molecule has 4 N–H and O–H groups in total. The van der Waals surface area contributed by atoms with Gasteiger partial charge in [-0.3, -0.25) is 19.1 Å². The normalized spacial score (nSPS) is 31.2. The van der Waals surface area contributed by atoms with E-state index in [1.807, 2.05) is 26.0 Å². The van der Waals surface area contributed by atoms with Crippen molar-refractivity contribution in [3.8, 4) is 11.5 Å². The average Bonchev–Trinajstić information content (AvgIpc) is 3.97. The molecule has 276 valence electrons. The van der Waals surface area contributed by atoms with E-state index < -0.39 is 68.2 Å². The van der Waals surface area contributed by atoms with Crippen LogP contribution in [-0.2, 0) is 24.4 Å². The van der Waals surface area contributed by atoms with Crippen molar-refractivity contribution in [1.29, 1.82) is 0 Å². The summed E-state index contributed by atoms with van der Waals surface area (Å²) in [6, 6.07) is 2.91. The van der Waals surface area contributed by atoms with Gasteiger partial charge in [-0.15, -0.1) is 0 Å². The second kappa shape index (κ2) is 13.9. The maximum Gasteiger partial charge on any atom is 0.405 e. The van der Waals surface area contributed by atoms with Gasteiger partial charge in [0.05, 0.1) is 24.6 Å². The number of carbonyl (C=O) groups excluding carboxylic acids is 3. The number of methoxy groups -OCH3 is 1. The summed E-state index contributed by atoms with van der Waals surface area (Å²) in [5, 5.41) is 24.0. The van der Waals surface area contributed by atoms with Crippen LogP contribution in [0.2, 0.25) is 0 Å². The van der Waals surface area contributed by atoms with Crippen LogP contribution in [0.25, 0.3) is 10.9 Å². The van der Waals surface area contributed by atoms with Crippen LogP contribution in [-0.4, -0.2) is 94.6 Å². The first-order valence-corrected chi connectivity index (χ1v) is 19.0. The number of nitrogens with zero attached hydrogens (tertiary/aromatic N) is 3. The lowest BCUT2D eigenvalue weighted by Gasteiger charge is -2.33. The molecule has 1 aromatic heterocycles. The van der Waals surface area contributed by atoms with Gasteiger partial charge in [-0.2, -0.15) is 10.2 Å². The van der Waals surface area contributed by atoms with Crippen LogP contribution in [0.4, 0.5) is 4.79 Å². The molecule has 16 heteroatoms. The molecule has 2 aromatic rings. The van der Waals surface area contributed by atoms with Crippen molar-refractivity contribution in [2.75, 3.05) is 13.7 Å². The third-order valence-electron chi connectivity index (χ3n) is 11.0. The van der Waals surface area contributed by atoms with Crippen LogP contribution >= 0.6 is 0 Å². The molecule has 6 rings (SSSR count). The highest BCUT2D eigenvalue weighted by Gasteiger charge is 2.63. The summed E-state index contributed by atoms with van der Waals surface area (Å²) in [5.74, 6) is -1.81. The number of nitrogens with one attached hydrogen (secondary N) is 3. The first kappa shape index (κ1) is 36.3. The molecular formula is C35H46N6O9S. The number of aromatic nitrogens is 2. The summed E-state index contributed by atoms with van der Waals surface area (Å²) < 4.78 is 39.1. The van der Waals surface area contributed by atoms with E-state index in [0.717, 1.165) is 6.42 Å². The fourth-order valence-corrected chi connectivity index (χ4v) is 8.68. The van der Waals surface area contributed by atoms with Crippen molar-refractivity contribution in [1.82, 2.24) is 30.5 Å². The summed E-state index contributed by atoms with van der Waals surface area (Å²) in [7, 11) is -2.47. The van der Waals surface area contributed by atoms with Gasteiger partial charge in [0.2, 0.25) is 21.8 Å². The third kappa shape index (κ3) is 7.32. The fraction of sp³-hybridized carbons (Fsp3) is 0.600. The van der Waals surface area contributed by atoms with Crippen LogP contribution in [0.1, 0.15) is 72.1 Å². The Morgan fingerprint density at radius 2 is 1.96 bits per heavy atom. The van der Waals surface area contributed by atoms with E-state index in [9.17, 15) is 32.7 Å². The minimum atomic E-state index is -4.00. The van der Waals surface area contributed by atoms with E-state index in [-0.39, 0.29) is 31.2 Å². The van der Waals surface area contributed by atoms with Gasteiger partial charge in [-0.05, 0) is 69.4 Å². The smallest absolute Gasteiger partial charge is 0.405 e. The lowest BCUT2D eigenvalue weighted by molar-refractivity contribution is -0.142. The Balaban J connectivity index is 1.35. The Morgan fingerprint density at radius 3 is 2.65 bits per heavy atom. The van der Waals surface area contributed by atoms with E-state index in [0.29, 0.717) is 54.5 Å². The van der Waals surface area contributed by atoms with Crippen LogP contribution < -0.4 is 24.8 Å². The van der Waals surface area contributed by atoms with Gasteiger partial charge in [-0.25, -0.2) is 13.2 Å². The molecular weight excluding hydrogens is 680 g/mol. The predicted molar refractivity (Wildman–Crippen MR) is 185 cm³/mol. The number of hydrogen-bond acceptors (Lipinski definition) is 10. The average molecular weight is 727 g/mol. The van der Waals surface area contributed by atoms with Crippen LogP contribution in [0.5, 0.6) is 11.5 Å². The molecule has 1 saturated heterocycles. The molecule has 3 fully saturated rings. The molecule has 51 heavy (non-hydrogen) atoms. The van der Waals surface area contributed by atoms with Gasteiger partial charge >= 0.3 is 6.09 Å². The van der Waals surface area contributed by atoms with E-state index in [1.54, 1.807) is 25.1 Å². The van der Waals surface area contributed by atoms with Crippen molar-refractivity contribution < 1.29 is 42.2 Å². The molecule has 4 amide bonds. The highest BCUT2D eigenvalue weighted by molar-refractivity contribution is 7.91. The number of carbonyl (C=O) groups is 4. The van der Waals surface area contributed by atoms with Crippen molar-refractivity contribution in [2.45, 2.75) is 101 Å². The number of sulfonamides is 1. The molecule has 2 saturated carbocycles. The first-order chi connectivity index (χ1) is 24.2. The van der Waals surface area contributed by atoms with E-state index in [2.05, 4.69) is 25.6 Å². The largest absolute Gasteiger partial charge is 0.497 e. The quantitative estimate of drug-likeness (QED) is 0.291. The Morgan fingerprint density at radius 1 is 1.20 bits per heavy atom. The number of rotatable bonds is 8. The van der Waals surface area contributed by atoms with E-state index in [4.69, 9.17) is 9.47 Å². The minimum absolute atomic E-state index is 0.0130. The Labute approximate surface area is 296 Å². The Kier molecular flexibility index (Phi) is 9.92. The second-order valence-electron chi connectivity index (χ2n) is 14.7. The number of carboxylic acid groups (broad SMARTS) is 1. The number of hydrogen-bond donors (Lipinski definition) is 4. The highest BCUT2D eigenvalue weighted by Crippen LogP contribution is 2.47. The van der Waals surface area contributed by atoms with Gasteiger partial charge in [-0.1, -0.05) is 32.4 Å². The van der Waals surface area contributed by atoms with Crippen LogP contribution in [0.3, 0.4) is 0 Å². The topological polar surface area (TPSA) is 206 Å². The zero-order chi connectivity index (χ0) is 36.7. The molecule has 15 nitrogen and oxygen atoms in total. The summed E-state index contributed by atoms with van der Waals surface area (Å²) in [6.45, 7) is 5.46. The fourth-order valence-electron chi connectivity index (χ4n) is 7.36. The summed E-state index contributed by atoms with van der Waals surface area (Å²) in [4.78, 5) is 56.0. The van der Waals surface area contributed by atoms with Gasteiger partial charge in [0.25, 0.3) is 5.91 Å². The van der Waals surface area contributed by atoms with E-state index in [1.165, 1.54) is 18.2 Å². The van der Waals surface area contributed by atoms with Gasteiger partial charge in [0.1, 0.15) is 40.7 Å². The molecule has 0 bridgehead atoms. The first-order valence-electron chi connectivity index (χ1n) is 17.5. The second-order valence-corrected chi connectivity index (χ2v) is 16.9. The van der Waals surface area contributed by atoms with Crippen LogP contribution in [0.15, 0.2) is 36.5 Å². The lowest BCUT2D eigenvalue weighted by atomic mass is 9.85. The SMILES string of the molecule is CC[C@@H]1C[C@H](C)CC/C=C\C2CC2(C(=O)NS(=O)(=O)C2(C)CC2)NC(=O)[C@@H]2C[C@@H](Oc3cnnc4cc(OC)ccc34)CN2C(=O)[C@H]1NC(=O)O. The maximum absolute atomic E-state index is 14.5. The van der Waals surface area contributed by atoms with Gasteiger partial charge in [0.15, 0.2) is 0 Å². The van der Waals surface area contributed by atoms with E-state index >= 15 is 0 Å². The van der Waals surface area contributed by atoms with Gasteiger partial charge < -0.3 is 30.1 Å². The number of amides is 4. The third-order valence-corrected chi connectivity index (χ3v) is 13.1. The predicted octanol–water partition coefficient (Wildman–Crippen LogP) is 2.90. The summed E-state index contributed by atoms with van der Waals surface area (Å²) in [5.41, 5.74) is -1.03. The molecule has 2 aliphatic carbocycles. The molecule has 1 aromatic carbocycles. The number of benzene rings is 1. The van der Waals surface area contributed by atoms with Crippen molar-refractivity contribution >= 4 is 44.7 Å². The molecule has 2 aliphatic heterocycles. The molecule has 0 spiro atoms. The van der Waals surface area contributed by atoms with Crippen molar-refractivity contribution in [3.05, 3.63) is 36.5 Å². The zero-order valence-corrected chi connectivity index (χ0v) is 30.1. The lowest BCUT2D eigenvalue weighted by Crippen LogP contribution is -2.59. The van der Waals surface area contributed by atoms with Gasteiger partial charge in [0, 0.05) is 23.8 Å². The molecule has 3 heterocycles. The maximum atomic E-state index is 14.5. The minimum Gasteiger partial charge on any atom is -0.497 e. The Hall–Kier alpha value is -4.47. The van der Waals surface area contributed by atoms with Crippen molar-refractivity contribution in [3.63, 3.8) is 0 Å². The zero-order valence-electron chi connectivity index (χ0n) is 29.3. The standard InChI is InChI=1S/C35H46N6O9S/c1-5-21-14-20(2)8-6-7-9-22-17-35(22,32(44)40-51(47,48)34(3)12-13-34)38-30(42)27-16-24(19-41(27)31(43)29(21)37-33(45)46)50-28-18-36-39-26-15-23(49-4)10-11-25(26)28/h7,9-11,15,18,20-22,24,27,29,37H,5-6,8,12-14,16-17,19H2,1-4H3,(H,38,42)(H,40,44)(H,45,46)/b9-7-/t20-,21-,22?,24-,27+,29+,35?/m1/s1. The van der Waals surface area contributed by atoms with Crippen LogP contribution in [0, 0.1) is 17.8 Å². The number of ether oxygens (including phenoxy) is 2. The Bertz CT molecular complexity index is 1850. The molecule has 2 unspecified atom stereocenters. The number of fused-ring (bicyclic) bond motifs is 3. The van der Waals surface area contributed by atoms with Crippen molar-refractivity contribution in [2.24, 2.45) is 17.8 Å².